The third-order valence-corrected chi connectivity index (χ3v) is 17.5. The largest absolute Gasteiger partial charge is 0.310 e. The van der Waals surface area contributed by atoms with Crippen molar-refractivity contribution in [3.8, 4) is 55.9 Å². The van der Waals surface area contributed by atoms with Crippen molar-refractivity contribution < 1.29 is 0 Å². The summed E-state index contributed by atoms with van der Waals surface area (Å²) in [6.07, 6.45) is 0. The molecule has 0 fully saturated rings. The van der Waals surface area contributed by atoms with E-state index in [2.05, 4.69) is 314 Å². The Balaban J connectivity index is 0.835. The predicted molar refractivity (Wildman–Crippen MR) is 336 cm³/mol. The second-order valence-electron chi connectivity index (χ2n) is 22.8. The van der Waals surface area contributed by atoms with E-state index in [1.165, 1.54) is 110 Å². The van der Waals surface area contributed by atoms with Gasteiger partial charge in [0.2, 0.25) is 0 Å². The second kappa shape index (κ2) is 17.5. The average molecular weight is 1020 g/mol. The Labute approximate surface area is 466 Å². The van der Waals surface area contributed by atoms with E-state index in [0.29, 0.717) is 0 Å². The lowest BCUT2D eigenvalue weighted by molar-refractivity contribution is 0.590. The van der Waals surface area contributed by atoms with Crippen molar-refractivity contribution in [1.29, 1.82) is 0 Å². The van der Waals surface area contributed by atoms with Crippen LogP contribution in [-0.2, 0) is 10.8 Å². The molecule has 0 bridgehead atoms. The molecule has 80 heavy (non-hydrogen) atoms. The van der Waals surface area contributed by atoms with Crippen molar-refractivity contribution in [2.24, 2.45) is 0 Å². The number of para-hydroxylation sites is 3. The van der Waals surface area contributed by atoms with Gasteiger partial charge in [-0.15, -0.1) is 0 Å². The lowest BCUT2D eigenvalue weighted by Crippen LogP contribution is -2.26. The minimum absolute atomic E-state index is 0.0884. The van der Waals surface area contributed by atoms with E-state index in [9.17, 15) is 0 Å². The fraction of sp³-hybridized carbons (Fsp3) is 0.0649. The molecular weight excluding hydrogens is 967 g/mol. The van der Waals surface area contributed by atoms with E-state index in [0.717, 1.165) is 34.0 Å². The monoisotopic (exact) mass is 1020 g/mol. The Hall–Kier alpha value is -9.96. The maximum atomic E-state index is 2.49. The van der Waals surface area contributed by atoms with Crippen LogP contribution in [0.25, 0.3) is 99.5 Å². The summed E-state index contributed by atoms with van der Waals surface area (Å²) in [6.45, 7) is 6.82. The highest BCUT2D eigenvalue weighted by Crippen LogP contribution is 2.64. The fourth-order valence-corrected chi connectivity index (χ4v) is 13.9. The molecule has 0 aliphatic heterocycles. The number of anilines is 3. The van der Waals surface area contributed by atoms with Crippen LogP contribution in [0.1, 0.15) is 48.6 Å². The van der Waals surface area contributed by atoms with Crippen molar-refractivity contribution in [1.82, 2.24) is 9.13 Å². The Bertz CT molecular complexity index is 4730. The Morgan fingerprint density at radius 2 is 0.775 bits per heavy atom. The van der Waals surface area contributed by atoms with Gasteiger partial charge in [-0.1, -0.05) is 221 Å². The summed E-state index contributed by atoms with van der Waals surface area (Å²) in [5.74, 6) is 0. The van der Waals surface area contributed by atoms with Gasteiger partial charge in [-0.05, 0) is 151 Å². The lowest BCUT2D eigenvalue weighted by Gasteiger charge is -2.32. The van der Waals surface area contributed by atoms with Crippen LogP contribution in [0.5, 0.6) is 0 Å². The first-order valence-corrected chi connectivity index (χ1v) is 28.0. The summed E-state index contributed by atoms with van der Waals surface area (Å²) in [7, 11) is 0. The van der Waals surface area contributed by atoms with Crippen molar-refractivity contribution in [3.05, 3.63) is 307 Å². The average Bonchev–Trinajstić information content (AvgIpc) is 4.25. The molecule has 0 atom stereocenters. The van der Waals surface area contributed by atoms with Crippen LogP contribution in [0.4, 0.5) is 17.1 Å². The summed E-state index contributed by atoms with van der Waals surface area (Å²) >= 11 is 0. The first kappa shape index (κ1) is 46.2. The van der Waals surface area contributed by atoms with Gasteiger partial charge in [0.15, 0.2) is 0 Å². The first-order valence-electron chi connectivity index (χ1n) is 28.0. The Morgan fingerprint density at radius 1 is 0.312 bits per heavy atom. The number of benzene rings is 12. The number of rotatable bonds is 7. The van der Waals surface area contributed by atoms with E-state index in [4.69, 9.17) is 0 Å². The molecule has 0 amide bonds. The second-order valence-corrected chi connectivity index (χ2v) is 22.8. The number of aromatic nitrogens is 2. The molecule has 0 saturated carbocycles. The van der Waals surface area contributed by atoms with Gasteiger partial charge in [0.05, 0.1) is 33.2 Å². The summed E-state index contributed by atoms with van der Waals surface area (Å²) in [5.41, 5.74) is 26.6. The zero-order valence-corrected chi connectivity index (χ0v) is 44.9. The minimum atomic E-state index is -0.454. The van der Waals surface area contributed by atoms with Gasteiger partial charge in [-0.2, -0.15) is 0 Å². The molecule has 0 N–H and O–H groups in total. The maximum absolute atomic E-state index is 2.49. The Kier molecular flexibility index (Phi) is 10.1. The molecule has 2 aromatic heterocycles. The highest BCUT2D eigenvalue weighted by molar-refractivity contribution is 6.13. The molecule has 1 spiro atoms. The fourth-order valence-electron chi connectivity index (χ4n) is 13.9. The third-order valence-electron chi connectivity index (χ3n) is 17.5. The molecule has 2 aliphatic carbocycles. The molecule has 0 saturated heterocycles. The first-order chi connectivity index (χ1) is 39.3. The van der Waals surface area contributed by atoms with E-state index in [1.54, 1.807) is 0 Å². The number of nitrogens with zero attached hydrogens (tertiary/aromatic N) is 3. The molecule has 12 aromatic carbocycles. The molecule has 0 unspecified atom stereocenters. The molecule has 378 valence electrons. The summed E-state index contributed by atoms with van der Waals surface area (Å²) < 4.78 is 4.85. The van der Waals surface area contributed by atoms with Gasteiger partial charge >= 0.3 is 0 Å². The molecular formula is C77H55N3. The zero-order valence-electron chi connectivity index (χ0n) is 44.9. The normalized spacial score (nSPS) is 13.0. The number of fused-ring (bicyclic) bond motifs is 16. The van der Waals surface area contributed by atoms with Crippen LogP contribution in [0, 0.1) is 0 Å². The molecule has 3 nitrogen and oxygen atoms in total. The highest BCUT2D eigenvalue weighted by Gasteiger charge is 2.52. The van der Waals surface area contributed by atoms with Crippen LogP contribution in [-0.4, -0.2) is 9.13 Å². The quantitative estimate of drug-likeness (QED) is 0.155. The highest BCUT2D eigenvalue weighted by atomic mass is 15.1. The topological polar surface area (TPSA) is 13.1 Å². The Morgan fingerprint density at radius 3 is 1.40 bits per heavy atom. The maximum Gasteiger partial charge on any atom is 0.0726 e. The molecule has 2 aliphatic rings. The lowest BCUT2D eigenvalue weighted by atomic mass is 9.70. The number of hydrogen-bond donors (Lipinski definition) is 0. The molecule has 2 heterocycles. The summed E-state index contributed by atoms with van der Waals surface area (Å²) in [6, 6.07) is 104. The third kappa shape index (κ3) is 6.74. The molecule has 16 rings (SSSR count). The summed E-state index contributed by atoms with van der Waals surface area (Å²) in [5, 5.41) is 4.95. The van der Waals surface area contributed by atoms with Gasteiger partial charge in [0, 0.05) is 49.9 Å². The van der Waals surface area contributed by atoms with Crippen LogP contribution in [0.15, 0.2) is 279 Å². The smallest absolute Gasteiger partial charge is 0.0726 e. The number of hydrogen-bond acceptors (Lipinski definition) is 1. The van der Waals surface area contributed by atoms with E-state index in [1.807, 2.05) is 0 Å². The van der Waals surface area contributed by atoms with Crippen molar-refractivity contribution in [2.45, 2.75) is 31.6 Å². The zero-order chi connectivity index (χ0) is 53.3. The SMILES string of the molecule is CC(C)(C)c1ccc(-c2ccc(N(c3ccc(-c4ccc5c(c4)c4ccccc4n5-c4ccc5c6ccccc6n(-c6ccccc6)c5c4)cc3)c3cccc4c3-c3ccccc3C43c4ccccc4-c4ccccc43)cc2)cc1. The van der Waals surface area contributed by atoms with Crippen LogP contribution >= 0.6 is 0 Å². The van der Waals surface area contributed by atoms with Gasteiger partial charge in [-0.25, -0.2) is 0 Å². The van der Waals surface area contributed by atoms with E-state index < -0.39 is 5.41 Å². The molecule has 14 aromatic rings. The van der Waals surface area contributed by atoms with E-state index >= 15 is 0 Å². The van der Waals surface area contributed by atoms with Crippen molar-refractivity contribution in [2.75, 3.05) is 4.90 Å². The van der Waals surface area contributed by atoms with Crippen molar-refractivity contribution >= 4 is 60.7 Å². The van der Waals surface area contributed by atoms with Crippen LogP contribution in [0.3, 0.4) is 0 Å². The molecule has 0 radical (unpaired) electrons. The minimum Gasteiger partial charge on any atom is -0.310 e. The molecule has 3 heteroatoms. The van der Waals surface area contributed by atoms with Crippen molar-refractivity contribution in [3.63, 3.8) is 0 Å². The van der Waals surface area contributed by atoms with Gasteiger partial charge in [0.1, 0.15) is 0 Å². The van der Waals surface area contributed by atoms with Gasteiger partial charge < -0.3 is 14.0 Å². The van der Waals surface area contributed by atoms with Gasteiger partial charge in [-0.3, -0.25) is 0 Å². The van der Waals surface area contributed by atoms with Crippen LogP contribution in [0.2, 0.25) is 0 Å². The summed E-state index contributed by atoms with van der Waals surface area (Å²) in [4.78, 5) is 2.49. The van der Waals surface area contributed by atoms with Gasteiger partial charge in [0.25, 0.3) is 0 Å². The van der Waals surface area contributed by atoms with E-state index in [-0.39, 0.29) is 5.41 Å². The van der Waals surface area contributed by atoms with Crippen LogP contribution < -0.4 is 4.90 Å². The standard InChI is InChI=1S/C77H55N3/c1-76(2,3)54-39-32-50(33-40-54)51-34-41-56(42-35-51)78(73-31-17-28-69-75(73)64-24-9-14-27-68(64)77(69)66-25-12-7-20-59(66)60-21-8-13-26-67(60)77)57-43-36-52(37-44-57)53-38-47-72-65(48-53)62-23-11-16-30-71(62)80(72)58-45-46-63-61-22-10-15-29-70(61)79(74(63)49-58)55-18-5-4-6-19-55/h4-49H,1-3H3. The predicted octanol–water partition coefficient (Wildman–Crippen LogP) is 20.3.